The molecule has 2 amide bonds. The van der Waals surface area contributed by atoms with Crippen LogP contribution in [-0.4, -0.2) is 40.3 Å². The fourth-order valence-corrected chi connectivity index (χ4v) is 3.82. The number of rotatable bonds is 4. The van der Waals surface area contributed by atoms with Gasteiger partial charge >= 0.3 is 6.03 Å². The van der Waals surface area contributed by atoms with E-state index in [1.165, 1.54) is 31.2 Å². The highest BCUT2D eigenvalue weighted by molar-refractivity contribution is 5.74. The van der Waals surface area contributed by atoms with Crippen molar-refractivity contribution >= 4 is 6.03 Å². The van der Waals surface area contributed by atoms with Gasteiger partial charge in [-0.15, -0.1) is 0 Å². The zero-order valence-electron chi connectivity index (χ0n) is 12.7. The van der Waals surface area contributed by atoms with Gasteiger partial charge in [-0.05, 0) is 49.0 Å². The van der Waals surface area contributed by atoms with E-state index in [0.717, 1.165) is 32.0 Å². The van der Waals surface area contributed by atoms with Gasteiger partial charge in [-0.25, -0.2) is 4.79 Å². The van der Waals surface area contributed by atoms with Crippen molar-refractivity contribution in [1.29, 1.82) is 0 Å². The maximum atomic E-state index is 12.3. The third-order valence-electron chi connectivity index (χ3n) is 5.60. The van der Waals surface area contributed by atoms with Crippen LogP contribution in [0.15, 0.2) is 12.4 Å². The van der Waals surface area contributed by atoms with Gasteiger partial charge in [0.2, 0.25) is 0 Å². The first-order chi connectivity index (χ1) is 10.2. The Morgan fingerprint density at radius 2 is 2.24 bits per heavy atom. The third-order valence-corrected chi connectivity index (χ3v) is 5.60. The Morgan fingerprint density at radius 1 is 1.43 bits per heavy atom. The molecule has 1 N–H and O–H groups in total. The van der Waals surface area contributed by atoms with Gasteiger partial charge in [0.15, 0.2) is 0 Å². The largest absolute Gasteiger partial charge is 0.337 e. The average molecular weight is 288 g/mol. The number of amides is 2. The second-order valence-electron chi connectivity index (χ2n) is 7.17. The Hall–Kier alpha value is -1.52. The maximum absolute atomic E-state index is 12.3. The molecule has 114 valence electrons. The molecule has 3 aliphatic rings. The Bertz CT molecular complexity index is 544. The van der Waals surface area contributed by atoms with Crippen molar-refractivity contribution in [2.45, 2.75) is 38.0 Å². The van der Waals surface area contributed by atoms with E-state index < -0.39 is 0 Å². The highest BCUT2D eigenvalue weighted by atomic mass is 16.2. The summed E-state index contributed by atoms with van der Waals surface area (Å²) in [5.41, 5.74) is 1.74. The molecule has 4 rings (SSSR count). The average Bonchev–Trinajstić information content (AvgIpc) is 3.37. The van der Waals surface area contributed by atoms with Crippen LogP contribution >= 0.6 is 0 Å². The number of nitrogens with zero attached hydrogens (tertiary/aromatic N) is 3. The van der Waals surface area contributed by atoms with Crippen LogP contribution in [0.5, 0.6) is 0 Å². The molecule has 0 bridgehead atoms. The van der Waals surface area contributed by atoms with Crippen molar-refractivity contribution in [3.63, 3.8) is 0 Å². The molecule has 0 spiro atoms. The summed E-state index contributed by atoms with van der Waals surface area (Å²) in [5, 5.41) is 7.42. The van der Waals surface area contributed by atoms with Crippen LogP contribution in [0.25, 0.3) is 0 Å². The van der Waals surface area contributed by atoms with E-state index in [2.05, 4.69) is 16.6 Å². The van der Waals surface area contributed by atoms with Crippen LogP contribution in [0.3, 0.4) is 0 Å². The normalized spacial score (nSPS) is 26.9. The molecule has 5 nitrogen and oxygen atoms in total. The van der Waals surface area contributed by atoms with Crippen molar-refractivity contribution in [3.8, 4) is 0 Å². The molecule has 2 saturated carbocycles. The van der Waals surface area contributed by atoms with Crippen LogP contribution in [0.4, 0.5) is 4.79 Å². The Morgan fingerprint density at radius 3 is 2.86 bits per heavy atom. The molecule has 1 saturated heterocycles. The molecule has 0 unspecified atom stereocenters. The number of urea groups is 1. The van der Waals surface area contributed by atoms with E-state index in [1.807, 2.05) is 22.8 Å². The Labute approximate surface area is 125 Å². The fourth-order valence-electron chi connectivity index (χ4n) is 3.82. The molecular weight excluding hydrogens is 264 g/mol. The predicted octanol–water partition coefficient (Wildman–Crippen LogP) is 2.11. The maximum Gasteiger partial charge on any atom is 0.317 e. The topological polar surface area (TPSA) is 50.2 Å². The Kier molecular flexibility index (Phi) is 2.98. The van der Waals surface area contributed by atoms with Gasteiger partial charge in [0.25, 0.3) is 0 Å². The number of carbonyl (C=O) groups excluding carboxylic acids is 1. The van der Waals surface area contributed by atoms with E-state index in [9.17, 15) is 4.79 Å². The number of carbonyl (C=O) groups is 1. The van der Waals surface area contributed by atoms with Gasteiger partial charge < -0.3 is 10.2 Å². The first-order valence-electron chi connectivity index (χ1n) is 8.18. The lowest BCUT2D eigenvalue weighted by Crippen LogP contribution is -2.41. The molecule has 21 heavy (non-hydrogen) atoms. The summed E-state index contributed by atoms with van der Waals surface area (Å²) in [6.07, 6.45) is 10.4. The van der Waals surface area contributed by atoms with Gasteiger partial charge in [-0.1, -0.05) is 0 Å². The minimum absolute atomic E-state index is 0.133. The summed E-state index contributed by atoms with van der Waals surface area (Å²) in [6.45, 7) is 2.58. The van der Waals surface area contributed by atoms with E-state index in [-0.39, 0.29) is 6.03 Å². The van der Waals surface area contributed by atoms with Gasteiger partial charge in [0.05, 0.1) is 6.20 Å². The second kappa shape index (κ2) is 4.75. The monoisotopic (exact) mass is 288 g/mol. The minimum atomic E-state index is 0.133. The number of hydrogen-bond donors (Lipinski definition) is 1. The smallest absolute Gasteiger partial charge is 0.317 e. The summed E-state index contributed by atoms with van der Waals surface area (Å²) in [4.78, 5) is 14.3. The highest BCUT2D eigenvalue weighted by Gasteiger charge is 2.53. The van der Waals surface area contributed by atoms with Crippen molar-refractivity contribution in [2.24, 2.45) is 18.4 Å². The van der Waals surface area contributed by atoms with Crippen molar-refractivity contribution < 1.29 is 4.79 Å². The van der Waals surface area contributed by atoms with E-state index in [0.29, 0.717) is 11.3 Å². The predicted molar refractivity (Wildman–Crippen MR) is 79.9 cm³/mol. The lowest BCUT2D eigenvalue weighted by atomic mass is 10.0. The standard InChI is InChI=1S/C16H24N4O/c1-19-9-13(8-18-19)12-4-7-20(10-12)15(21)17-11-16(5-6-16)14-2-3-14/h8-9,12,14H,2-7,10-11H2,1H3,(H,17,21)/t12-/m0/s1. The zero-order chi connectivity index (χ0) is 14.4. The van der Waals surface area contributed by atoms with Crippen LogP contribution in [0, 0.1) is 11.3 Å². The Balaban J connectivity index is 1.30. The second-order valence-corrected chi connectivity index (χ2v) is 7.17. The molecule has 1 aromatic rings. The highest BCUT2D eigenvalue weighted by Crippen LogP contribution is 2.60. The van der Waals surface area contributed by atoms with E-state index in [4.69, 9.17) is 0 Å². The summed E-state index contributed by atoms with van der Waals surface area (Å²) >= 11 is 0. The number of likely N-dealkylation sites (tertiary alicyclic amines) is 1. The molecule has 1 aliphatic heterocycles. The van der Waals surface area contributed by atoms with Crippen LogP contribution < -0.4 is 5.32 Å². The molecule has 1 atom stereocenters. The van der Waals surface area contributed by atoms with Gasteiger partial charge in [-0.3, -0.25) is 4.68 Å². The van der Waals surface area contributed by atoms with E-state index >= 15 is 0 Å². The van der Waals surface area contributed by atoms with Crippen LogP contribution in [-0.2, 0) is 7.05 Å². The number of hydrogen-bond acceptors (Lipinski definition) is 2. The summed E-state index contributed by atoms with van der Waals surface area (Å²) in [6, 6.07) is 0.133. The molecule has 0 radical (unpaired) electrons. The number of aryl methyl sites for hydroxylation is 1. The number of aromatic nitrogens is 2. The quantitative estimate of drug-likeness (QED) is 0.922. The molecule has 1 aromatic heterocycles. The van der Waals surface area contributed by atoms with Gasteiger partial charge in [0.1, 0.15) is 0 Å². The molecule has 5 heteroatoms. The molecular formula is C16H24N4O. The fraction of sp³-hybridized carbons (Fsp3) is 0.750. The zero-order valence-corrected chi connectivity index (χ0v) is 12.7. The minimum Gasteiger partial charge on any atom is -0.337 e. The molecule has 3 fully saturated rings. The summed E-state index contributed by atoms with van der Waals surface area (Å²) in [7, 11) is 1.94. The lowest BCUT2D eigenvalue weighted by molar-refractivity contribution is 0.204. The summed E-state index contributed by atoms with van der Waals surface area (Å²) < 4.78 is 1.84. The molecule has 0 aromatic carbocycles. The SMILES string of the molecule is Cn1cc([C@H]2CCN(C(=O)NCC3(C4CC4)CC3)C2)cn1. The third kappa shape index (κ3) is 2.54. The first-order valence-corrected chi connectivity index (χ1v) is 8.18. The van der Waals surface area contributed by atoms with Crippen molar-refractivity contribution in [1.82, 2.24) is 20.0 Å². The van der Waals surface area contributed by atoms with Gasteiger partial charge in [0, 0.05) is 38.8 Å². The van der Waals surface area contributed by atoms with Crippen molar-refractivity contribution in [3.05, 3.63) is 18.0 Å². The lowest BCUT2D eigenvalue weighted by Gasteiger charge is -2.20. The van der Waals surface area contributed by atoms with Crippen LogP contribution in [0.2, 0.25) is 0 Å². The van der Waals surface area contributed by atoms with Crippen molar-refractivity contribution in [2.75, 3.05) is 19.6 Å². The van der Waals surface area contributed by atoms with Crippen LogP contribution in [0.1, 0.15) is 43.6 Å². The molecule has 2 heterocycles. The molecule has 2 aliphatic carbocycles. The van der Waals surface area contributed by atoms with Gasteiger partial charge in [-0.2, -0.15) is 5.10 Å². The number of nitrogens with one attached hydrogen (secondary N) is 1. The first kappa shape index (κ1) is 13.2. The van der Waals surface area contributed by atoms with E-state index in [1.54, 1.807) is 0 Å². The summed E-state index contributed by atoms with van der Waals surface area (Å²) in [5.74, 6) is 1.35.